The molecule has 1 amide bonds. The number of likely N-dealkylation sites (tertiary alicyclic amines) is 1. The summed E-state index contributed by atoms with van der Waals surface area (Å²) in [5, 5.41) is 1.95. The fourth-order valence-corrected chi connectivity index (χ4v) is 5.75. The molecule has 1 saturated heterocycles. The molecule has 1 aliphatic carbocycles. The smallest absolute Gasteiger partial charge is 0.325 e. The van der Waals surface area contributed by atoms with Gasteiger partial charge in [0, 0.05) is 29.3 Å². The molecule has 0 unspecified atom stereocenters. The monoisotopic (exact) mass is 504 g/mol. The molecule has 1 aromatic heterocycles. The molecule has 2 fully saturated rings. The predicted molar refractivity (Wildman–Crippen MR) is 140 cm³/mol. The molecule has 0 bridgehead atoms. The van der Waals surface area contributed by atoms with E-state index in [9.17, 15) is 14.0 Å². The summed E-state index contributed by atoms with van der Waals surface area (Å²) < 4.78 is 25.2. The van der Waals surface area contributed by atoms with E-state index in [-0.39, 0.29) is 41.7 Å². The van der Waals surface area contributed by atoms with Crippen LogP contribution in [0.3, 0.4) is 0 Å². The van der Waals surface area contributed by atoms with Gasteiger partial charge in [-0.3, -0.25) is 9.59 Å². The molecule has 1 aliphatic heterocycles. The summed E-state index contributed by atoms with van der Waals surface area (Å²) in [6.45, 7) is 8.86. The zero-order chi connectivity index (χ0) is 26.3. The van der Waals surface area contributed by atoms with E-state index in [4.69, 9.17) is 14.5 Å². The van der Waals surface area contributed by atoms with Crippen molar-refractivity contribution in [3.8, 4) is 17.0 Å². The van der Waals surface area contributed by atoms with Crippen molar-refractivity contribution in [2.45, 2.75) is 59.0 Å². The molecule has 6 nitrogen and oxygen atoms in total. The fourth-order valence-electron chi connectivity index (χ4n) is 5.75. The normalized spacial score (nSPS) is 21.1. The number of halogens is 1. The van der Waals surface area contributed by atoms with Crippen LogP contribution in [0, 0.1) is 18.2 Å². The number of carbonyl (C=O) groups excluding carboxylic acids is 2. The Kier molecular flexibility index (Phi) is 6.65. The molecule has 1 spiro atoms. The van der Waals surface area contributed by atoms with Crippen molar-refractivity contribution in [1.29, 1.82) is 0 Å². The number of aryl methyl sites for hydroxylation is 1. The topological polar surface area (TPSA) is 68.7 Å². The standard InChI is InChI=1S/C30H33FN2O4/c1-5-36-26(35)16-33-17-30(15-25(33)34)13-22(14-30)37-29-24-12-19(4)6-11-23(24)27(28(32-29)18(2)3)20-7-9-21(31)10-8-20/h6-12,18,22H,5,13-17H2,1-4H3. The van der Waals surface area contributed by atoms with Gasteiger partial charge in [-0.2, -0.15) is 0 Å². The summed E-state index contributed by atoms with van der Waals surface area (Å²) in [5.74, 6) is 0.0866. The lowest BCUT2D eigenvalue weighted by atomic mass is 9.66. The molecule has 2 aliphatic rings. The number of hydrogen-bond acceptors (Lipinski definition) is 5. The lowest BCUT2D eigenvalue weighted by Crippen LogP contribution is -2.46. The minimum Gasteiger partial charge on any atom is -0.474 e. The minimum atomic E-state index is -0.367. The summed E-state index contributed by atoms with van der Waals surface area (Å²) in [6.07, 6.45) is 1.86. The van der Waals surface area contributed by atoms with Crippen LogP contribution in [0.1, 0.15) is 57.2 Å². The van der Waals surface area contributed by atoms with Crippen molar-refractivity contribution in [2.24, 2.45) is 5.41 Å². The van der Waals surface area contributed by atoms with Gasteiger partial charge in [0.1, 0.15) is 18.5 Å². The molecule has 0 atom stereocenters. The molecule has 194 valence electrons. The first-order valence-electron chi connectivity index (χ1n) is 13.0. The zero-order valence-electron chi connectivity index (χ0n) is 21.8. The number of amides is 1. The van der Waals surface area contributed by atoms with Crippen LogP contribution in [0.15, 0.2) is 42.5 Å². The molecule has 5 rings (SSSR count). The third kappa shape index (κ3) is 4.91. The van der Waals surface area contributed by atoms with E-state index in [1.165, 1.54) is 12.1 Å². The number of aromatic nitrogens is 1. The quantitative estimate of drug-likeness (QED) is 0.381. The Balaban J connectivity index is 1.42. The first-order valence-corrected chi connectivity index (χ1v) is 13.0. The van der Waals surface area contributed by atoms with E-state index in [0.717, 1.165) is 46.0 Å². The lowest BCUT2D eigenvalue weighted by molar-refractivity contribution is -0.147. The van der Waals surface area contributed by atoms with Gasteiger partial charge >= 0.3 is 5.97 Å². The van der Waals surface area contributed by atoms with Crippen molar-refractivity contribution in [3.05, 3.63) is 59.5 Å². The Hall–Kier alpha value is -3.48. The first-order chi connectivity index (χ1) is 17.7. The van der Waals surface area contributed by atoms with Crippen LogP contribution in [-0.2, 0) is 14.3 Å². The average Bonchev–Trinajstić information content (AvgIpc) is 3.15. The second-order valence-corrected chi connectivity index (χ2v) is 10.8. The minimum absolute atomic E-state index is 0.00329. The highest BCUT2D eigenvalue weighted by molar-refractivity contribution is 6.00. The largest absolute Gasteiger partial charge is 0.474 e. The van der Waals surface area contributed by atoms with Gasteiger partial charge in [0.2, 0.25) is 11.8 Å². The van der Waals surface area contributed by atoms with E-state index < -0.39 is 0 Å². The number of ether oxygens (including phenoxy) is 2. The third-order valence-corrected chi connectivity index (χ3v) is 7.46. The Morgan fingerprint density at radius 1 is 1.16 bits per heavy atom. The van der Waals surface area contributed by atoms with Crippen LogP contribution in [-0.4, -0.2) is 47.6 Å². The molecule has 0 radical (unpaired) electrons. The Morgan fingerprint density at radius 2 is 1.89 bits per heavy atom. The molecule has 3 aromatic rings. The molecule has 2 aromatic carbocycles. The number of carbonyl (C=O) groups is 2. The van der Waals surface area contributed by atoms with E-state index in [2.05, 4.69) is 32.0 Å². The summed E-state index contributed by atoms with van der Waals surface area (Å²) in [6, 6.07) is 12.8. The molecule has 1 saturated carbocycles. The summed E-state index contributed by atoms with van der Waals surface area (Å²) in [7, 11) is 0. The molecule has 0 N–H and O–H groups in total. The number of hydrogen-bond donors (Lipinski definition) is 0. The third-order valence-electron chi connectivity index (χ3n) is 7.46. The molecular formula is C30H33FN2O4. The maximum absolute atomic E-state index is 13.7. The van der Waals surface area contributed by atoms with Crippen LogP contribution in [0.4, 0.5) is 4.39 Å². The van der Waals surface area contributed by atoms with E-state index in [1.54, 1.807) is 24.0 Å². The summed E-state index contributed by atoms with van der Waals surface area (Å²) >= 11 is 0. The highest BCUT2D eigenvalue weighted by Gasteiger charge is 2.53. The predicted octanol–water partition coefficient (Wildman–Crippen LogP) is 5.80. The summed E-state index contributed by atoms with van der Waals surface area (Å²) in [5.41, 5.74) is 3.77. The lowest BCUT2D eigenvalue weighted by Gasteiger charge is -2.44. The molecular weight excluding hydrogens is 471 g/mol. The van der Waals surface area contributed by atoms with Gasteiger partial charge < -0.3 is 14.4 Å². The van der Waals surface area contributed by atoms with Gasteiger partial charge in [-0.25, -0.2) is 9.37 Å². The van der Waals surface area contributed by atoms with Gasteiger partial charge in [0.05, 0.1) is 12.3 Å². The molecule has 7 heteroatoms. The maximum atomic E-state index is 13.7. The Labute approximate surface area is 216 Å². The average molecular weight is 505 g/mol. The summed E-state index contributed by atoms with van der Waals surface area (Å²) in [4.78, 5) is 31.1. The van der Waals surface area contributed by atoms with Gasteiger partial charge in [-0.1, -0.05) is 43.7 Å². The SMILES string of the molecule is CCOC(=O)CN1CC2(CC1=O)CC(Oc1nc(C(C)C)c(-c3ccc(F)cc3)c3ccc(C)cc13)C2. The van der Waals surface area contributed by atoms with Gasteiger partial charge in [-0.15, -0.1) is 0 Å². The zero-order valence-corrected chi connectivity index (χ0v) is 21.8. The van der Waals surface area contributed by atoms with Gasteiger partial charge in [-0.05, 0) is 61.8 Å². The van der Waals surface area contributed by atoms with Crippen molar-refractivity contribution >= 4 is 22.6 Å². The van der Waals surface area contributed by atoms with Crippen LogP contribution >= 0.6 is 0 Å². The van der Waals surface area contributed by atoms with Crippen LogP contribution < -0.4 is 4.74 Å². The van der Waals surface area contributed by atoms with Crippen LogP contribution in [0.2, 0.25) is 0 Å². The Morgan fingerprint density at radius 3 is 2.57 bits per heavy atom. The number of benzene rings is 2. The molecule has 2 heterocycles. The van der Waals surface area contributed by atoms with Crippen LogP contribution in [0.5, 0.6) is 5.88 Å². The first kappa shape index (κ1) is 25.2. The maximum Gasteiger partial charge on any atom is 0.325 e. The number of nitrogens with zero attached hydrogens (tertiary/aromatic N) is 2. The number of pyridine rings is 1. The Bertz CT molecular complexity index is 1350. The second-order valence-electron chi connectivity index (χ2n) is 10.8. The van der Waals surface area contributed by atoms with Gasteiger partial charge in [0.25, 0.3) is 0 Å². The van der Waals surface area contributed by atoms with Crippen molar-refractivity contribution in [2.75, 3.05) is 19.7 Å². The van der Waals surface area contributed by atoms with Crippen molar-refractivity contribution in [1.82, 2.24) is 9.88 Å². The number of fused-ring (bicyclic) bond motifs is 1. The van der Waals surface area contributed by atoms with E-state index in [0.29, 0.717) is 25.5 Å². The highest BCUT2D eigenvalue weighted by Crippen LogP contribution is 2.50. The van der Waals surface area contributed by atoms with Crippen molar-refractivity contribution < 1.29 is 23.5 Å². The van der Waals surface area contributed by atoms with Gasteiger partial charge in [0.15, 0.2) is 0 Å². The highest BCUT2D eigenvalue weighted by atomic mass is 19.1. The van der Waals surface area contributed by atoms with E-state index >= 15 is 0 Å². The van der Waals surface area contributed by atoms with Crippen LogP contribution in [0.25, 0.3) is 21.9 Å². The number of rotatable bonds is 7. The fraction of sp³-hybridized carbons (Fsp3) is 0.433. The van der Waals surface area contributed by atoms with Crippen molar-refractivity contribution in [3.63, 3.8) is 0 Å². The molecule has 37 heavy (non-hydrogen) atoms. The second kappa shape index (κ2) is 9.77. The number of esters is 1. The van der Waals surface area contributed by atoms with E-state index in [1.807, 2.05) is 6.92 Å².